The van der Waals surface area contributed by atoms with Crippen molar-refractivity contribution in [1.29, 1.82) is 0 Å². The van der Waals surface area contributed by atoms with Crippen LogP contribution in [0.5, 0.6) is 0 Å². The molecule has 2 aliphatic rings. The van der Waals surface area contributed by atoms with Gasteiger partial charge in [0.05, 0.1) is 5.52 Å². The summed E-state index contributed by atoms with van der Waals surface area (Å²) in [7, 11) is 0. The molecule has 0 bridgehead atoms. The fourth-order valence-corrected chi connectivity index (χ4v) is 2.90. The lowest BCUT2D eigenvalue weighted by Gasteiger charge is -2.24. The van der Waals surface area contributed by atoms with Gasteiger partial charge in [-0.3, -0.25) is 0 Å². The standard InChI is InChI=1S/C15H19N5/c1-2-6-14-13(5-1)17-15(19-18-14)20-9-3-4-12(20)10-16-11-7-8-11/h1-2,5-6,11-12,16H,3-4,7-10H2. The number of hydrogen-bond acceptors (Lipinski definition) is 5. The van der Waals surface area contributed by atoms with Crippen LogP contribution >= 0.6 is 0 Å². The largest absolute Gasteiger partial charge is 0.335 e. The first-order valence-corrected chi connectivity index (χ1v) is 7.50. The first-order valence-electron chi connectivity index (χ1n) is 7.50. The highest BCUT2D eigenvalue weighted by molar-refractivity contribution is 5.74. The molecule has 2 fully saturated rings. The first-order chi connectivity index (χ1) is 9.90. The topological polar surface area (TPSA) is 53.9 Å². The maximum atomic E-state index is 4.67. The number of rotatable bonds is 4. The minimum atomic E-state index is 0.513. The van der Waals surface area contributed by atoms with E-state index in [1.165, 1.54) is 25.7 Å². The van der Waals surface area contributed by atoms with E-state index in [0.717, 1.165) is 36.1 Å². The average molecular weight is 269 g/mol. The molecule has 20 heavy (non-hydrogen) atoms. The lowest BCUT2D eigenvalue weighted by Crippen LogP contribution is -2.39. The highest BCUT2D eigenvalue weighted by atomic mass is 15.3. The summed E-state index contributed by atoms with van der Waals surface area (Å²) in [5.41, 5.74) is 1.79. The molecule has 1 unspecified atom stereocenters. The minimum absolute atomic E-state index is 0.513. The summed E-state index contributed by atoms with van der Waals surface area (Å²) in [6, 6.07) is 9.19. The molecule has 4 rings (SSSR count). The molecular weight excluding hydrogens is 250 g/mol. The van der Waals surface area contributed by atoms with E-state index in [2.05, 4.69) is 25.4 Å². The normalized spacial score (nSPS) is 22.6. The molecule has 1 aliphatic carbocycles. The molecule has 1 atom stereocenters. The third-order valence-electron chi connectivity index (χ3n) is 4.20. The van der Waals surface area contributed by atoms with E-state index < -0.39 is 0 Å². The third kappa shape index (κ3) is 2.33. The monoisotopic (exact) mass is 269 g/mol. The maximum Gasteiger partial charge on any atom is 0.246 e. The summed E-state index contributed by atoms with van der Waals surface area (Å²) >= 11 is 0. The zero-order valence-corrected chi connectivity index (χ0v) is 11.5. The van der Waals surface area contributed by atoms with Gasteiger partial charge in [0.15, 0.2) is 0 Å². The summed E-state index contributed by atoms with van der Waals surface area (Å²) < 4.78 is 0. The van der Waals surface area contributed by atoms with Gasteiger partial charge in [-0.05, 0) is 37.8 Å². The fraction of sp³-hybridized carbons (Fsp3) is 0.533. The highest BCUT2D eigenvalue weighted by Gasteiger charge is 2.29. The zero-order chi connectivity index (χ0) is 13.4. The number of benzene rings is 1. The van der Waals surface area contributed by atoms with Crippen LogP contribution in [-0.4, -0.2) is 40.4 Å². The summed E-state index contributed by atoms with van der Waals surface area (Å²) in [5.74, 6) is 0.781. The molecule has 104 valence electrons. The van der Waals surface area contributed by atoms with Crippen molar-refractivity contribution >= 4 is 17.0 Å². The second kappa shape index (κ2) is 4.98. The van der Waals surface area contributed by atoms with Crippen LogP contribution in [0.25, 0.3) is 11.0 Å². The molecule has 1 aromatic carbocycles. The van der Waals surface area contributed by atoms with Gasteiger partial charge >= 0.3 is 0 Å². The number of fused-ring (bicyclic) bond motifs is 1. The van der Waals surface area contributed by atoms with E-state index in [0.29, 0.717) is 6.04 Å². The number of aromatic nitrogens is 3. The zero-order valence-electron chi connectivity index (χ0n) is 11.5. The maximum absolute atomic E-state index is 4.67. The summed E-state index contributed by atoms with van der Waals surface area (Å²) in [5, 5.41) is 12.2. The molecule has 5 nitrogen and oxygen atoms in total. The Balaban J connectivity index is 1.56. The van der Waals surface area contributed by atoms with Crippen molar-refractivity contribution in [1.82, 2.24) is 20.5 Å². The van der Waals surface area contributed by atoms with Crippen LogP contribution in [0.4, 0.5) is 5.95 Å². The first kappa shape index (κ1) is 12.0. The predicted molar refractivity (Wildman–Crippen MR) is 78.7 cm³/mol. The van der Waals surface area contributed by atoms with E-state index in [-0.39, 0.29) is 0 Å². The lowest BCUT2D eigenvalue weighted by atomic mass is 10.2. The van der Waals surface area contributed by atoms with E-state index in [1.807, 2.05) is 24.3 Å². The van der Waals surface area contributed by atoms with Crippen molar-refractivity contribution in [3.05, 3.63) is 24.3 Å². The molecule has 1 saturated carbocycles. The van der Waals surface area contributed by atoms with Crippen LogP contribution in [-0.2, 0) is 0 Å². The van der Waals surface area contributed by atoms with Gasteiger partial charge in [0.25, 0.3) is 0 Å². The molecular formula is C15H19N5. The van der Waals surface area contributed by atoms with Gasteiger partial charge < -0.3 is 10.2 Å². The van der Waals surface area contributed by atoms with Crippen LogP contribution in [0.2, 0.25) is 0 Å². The SMILES string of the molecule is c1ccc2nc(N3CCCC3CNC3CC3)nnc2c1. The Bertz CT molecular complexity index is 610. The number of hydrogen-bond donors (Lipinski definition) is 1. The van der Waals surface area contributed by atoms with Crippen LogP contribution in [0, 0.1) is 0 Å². The van der Waals surface area contributed by atoms with Gasteiger partial charge in [0.2, 0.25) is 5.95 Å². The van der Waals surface area contributed by atoms with Crippen molar-refractivity contribution in [3.63, 3.8) is 0 Å². The molecule has 5 heteroatoms. The van der Waals surface area contributed by atoms with E-state index in [4.69, 9.17) is 0 Å². The Morgan fingerprint density at radius 2 is 1.95 bits per heavy atom. The minimum Gasteiger partial charge on any atom is -0.335 e. The fourth-order valence-electron chi connectivity index (χ4n) is 2.90. The van der Waals surface area contributed by atoms with Crippen molar-refractivity contribution in [2.45, 2.75) is 37.8 Å². The number of nitrogens with one attached hydrogen (secondary N) is 1. The molecule has 1 saturated heterocycles. The van der Waals surface area contributed by atoms with Gasteiger partial charge in [0.1, 0.15) is 5.52 Å². The Labute approximate surface area is 118 Å². The van der Waals surface area contributed by atoms with Crippen molar-refractivity contribution in [3.8, 4) is 0 Å². The Morgan fingerprint density at radius 1 is 1.10 bits per heavy atom. The number of para-hydroxylation sites is 1. The third-order valence-corrected chi connectivity index (χ3v) is 4.20. The Morgan fingerprint density at radius 3 is 2.80 bits per heavy atom. The van der Waals surface area contributed by atoms with Crippen molar-refractivity contribution < 1.29 is 0 Å². The quantitative estimate of drug-likeness (QED) is 0.916. The van der Waals surface area contributed by atoms with Gasteiger partial charge in [0, 0.05) is 25.2 Å². The molecule has 1 aliphatic heterocycles. The summed E-state index contributed by atoms with van der Waals surface area (Å²) in [4.78, 5) is 6.99. The molecule has 0 amide bonds. The summed E-state index contributed by atoms with van der Waals surface area (Å²) in [6.07, 6.45) is 5.10. The molecule has 2 aromatic rings. The second-order valence-corrected chi connectivity index (χ2v) is 5.77. The van der Waals surface area contributed by atoms with Gasteiger partial charge in [-0.25, -0.2) is 4.98 Å². The van der Waals surface area contributed by atoms with Crippen LogP contribution in [0.1, 0.15) is 25.7 Å². The molecule has 1 N–H and O–H groups in total. The van der Waals surface area contributed by atoms with Crippen molar-refractivity contribution in [2.24, 2.45) is 0 Å². The van der Waals surface area contributed by atoms with Crippen molar-refractivity contribution in [2.75, 3.05) is 18.0 Å². The summed E-state index contributed by atoms with van der Waals surface area (Å²) in [6.45, 7) is 2.08. The average Bonchev–Trinajstić information content (AvgIpc) is 3.21. The molecule has 0 radical (unpaired) electrons. The second-order valence-electron chi connectivity index (χ2n) is 5.77. The molecule has 0 spiro atoms. The van der Waals surface area contributed by atoms with Gasteiger partial charge in [-0.15, -0.1) is 10.2 Å². The van der Waals surface area contributed by atoms with E-state index in [9.17, 15) is 0 Å². The van der Waals surface area contributed by atoms with Crippen LogP contribution in [0.15, 0.2) is 24.3 Å². The predicted octanol–water partition coefficient (Wildman–Crippen LogP) is 1.75. The van der Waals surface area contributed by atoms with Crippen LogP contribution < -0.4 is 10.2 Å². The van der Waals surface area contributed by atoms with Crippen LogP contribution in [0.3, 0.4) is 0 Å². The number of nitrogens with zero attached hydrogens (tertiary/aromatic N) is 4. The van der Waals surface area contributed by atoms with Gasteiger partial charge in [-0.2, -0.15) is 0 Å². The van der Waals surface area contributed by atoms with E-state index >= 15 is 0 Å². The van der Waals surface area contributed by atoms with Gasteiger partial charge in [-0.1, -0.05) is 12.1 Å². The molecule has 1 aromatic heterocycles. The number of anilines is 1. The van der Waals surface area contributed by atoms with E-state index in [1.54, 1.807) is 0 Å². The Hall–Kier alpha value is -1.75. The lowest BCUT2D eigenvalue weighted by molar-refractivity contribution is 0.564. The highest BCUT2D eigenvalue weighted by Crippen LogP contribution is 2.24. The Kier molecular flexibility index (Phi) is 2.99. The molecule has 2 heterocycles. The smallest absolute Gasteiger partial charge is 0.246 e.